The van der Waals surface area contributed by atoms with E-state index in [1.807, 2.05) is 0 Å². The smallest absolute Gasteiger partial charge is 0.424 e. The van der Waals surface area contributed by atoms with Gasteiger partial charge in [0.2, 0.25) is 11.2 Å². The zero-order valence-electron chi connectivity index (χ0n) is 22.4. The van der Waals surface area contributed by atoms with Crippen LogP contribution in [-0.4, -0.2) is 65.3 Å². The van der Waals surface area contributed by atoms with Gasteiger partial charge in [0.15, 0.2) is 17.2 Å². The molecule has 0 bridgehead atoms. The number of rotatable bonds is 9. The van der Waals surface area contributed by atoms with E-state index in [2.05, 4.69) is 10.3 Å². The molecule has 2 aromatic heterocycles. The number of carbonyl (C=O) groups excluding carboxylic acids is 1. The Morgan fingerprint density at radius 1 is 1.24 bits per heavy atom. The van der Waals surface area contributed by atoms with Crippen molar-refractivity contribution in [2.45, 2.75) is 24.2 Å². The number of carbonyl (C=O) groups is 1. The van der Waals surface area contributed by atoms with E-state index in [0.29, 0.717) is 0 Å². The number of amides is 1. The molecule has 1 aromatic carbocycles. The van der Waals surface area contributed by atoms with Gasteiger partial charge in [0.1, 0.15) is 18.9 Å². The lowest BCUT2D eigenvalue weighted by Gasteiger charge is -2.31. The maximum atomic E-state index is 14.5. The van der Waals surface area contributed by atoms with Crippen LogP contribution >= 0.6 is 0 Å². The van der Waals surface area contributed by atoms with Crippen LogP contribution in [0.15, 0.2) is 47.4 Å². The van der Waals surface area contributed by atoms with Gasteiger partial charge in [-0.25, -0.2) is 4.98 Å². The summed E-state index contributed by atoms with van der Waals surface area (Å²) in [5.74, 6) is -0.487. The lowest BCUT2D eigenvalue weighted by molar-refractivity contribution is -0.265. The van der Waals surface area contributed by atoms with Crippen molar-refractivity contribution in [2.75, 3.05) is 33.5 Å². The standard InChI is InChI=1S/C27H29F3N4O7/c1-25(31)14-41-23-17(25)11-20(33-22(23)16-5-7-21(36)34(2)12-16)26(38,27(28,29)30)13-32-24(37)15-4-6-18(40-9-8-35)19(10-15)39-3/h4-7,10-12,35,38H,8-9,13-14,31H2,1-3H3,(H,32,37). The molecule has 0 aliphatic carbocycles. The van der Waals surface area contributed by atoms with Gasteiger partial charge in [-0.05, 0) is 37.3 Å². The van der Waals surface area contributed by atoms with E-state index in [4.69, 9.17) is 25.1 Å². The Bertz CT molecular complexity index is 1520. The Morgan fingerprint density at radius 3 is 2.61 bits per heavy atom. The molecule has 1 aliphatic heterocycles. The number of fused-ring (bicyclic) bond motifs is 1. The van der Waals surface area contributed by atoms with Gasteiger partial charge >= 0.3 is 6.18 Å². The molecule has 2 atom stereocenters. The Labute approximate surface area is 232 Å². The number of aromatic nitrogens is 2. The summed E-state index contributed by atoms with van der Waals surface area (Å²) in [6.07, 6.45) is -3.91. The fourth-order valence-corrected chi connectivity index (χ4v) is 4.27. The van der Waals surface area contributed by atoms with Gasteiger partial charge in [0.25, 0.3) is 5.91 Å². The summed E-state index contributed by atoms with van der Waals surface area (Å²) < 4.78 is 60.9. The lowest BCUT2D eigenvalue weighted by atomic mass is 9.89. The van der Waals surface area contributed by atoms with Crippen LogP contribution in [-0.2, 0) is 18.2 Å². The third-order valence-electron chi connectivity index (χ3n) is 6.64. The molecule has 3 heterocycles. The van der Waals surface area contributed by atoms with E-state index in [9.17, 15) is 27.9 Å². The highest BCUT2D eigenvalue weighted by molar-refractivity contribution is 5.95. The van der Waals surface area contributed by atoms with Crippen molar-refractivity contribution < 1.29 is 42.4 Å². The van der Waals surface area contributed by atoms with E-state index in [1.54, 1.807) is 6.92 Å². The molecule has 1 aliphatic rings. The molecule has 0 spiro atoms. The number of nitrogens with zero attached hydrogens (tertiary/aromatic N) is 2. The molecule has 1 amide bonds. The molecular weight excluding hydrogens is 549 g/mol. The monoisotopic (exact) mass is 578 g/mol. The van der Waals surface area contributed by atoms with Gasteiger partial charge in [0, 0.05) is 36.0 Å². The molecule has 5 N–H and O–H groups in total. The summed E-state index contributed by atoms with van der Waals surface area (Å²) in [5.41, 5.74) is 0.575. The number of hydrogen-bond acceptors (Lipinski definition) is 9. The largest absolute Gasteiger partial charge is 0.493 e. The Kier molecular flexibility index (Phi) is 8.02. The Morgan fingerprint density at radius 2 is 1.98 bits per heavy atom. The van der Waals surface area contributed by atoms with E-state index in [-0.39, 0.29) is 65.0 Å². The van der Waals surface area contributed by atoms with Gasteiger partial charge in [-0.1, -0.05) is 0 Å². The van der Waals surface area contributed by atoms with Crippen molar-refractivity contribution in [1.82, 2.24) is 14.9 Å². The number of aliphatic hydroxyl groups excluding tert-OH is 1. The van der Waals surface area contributed by atoms with Crippen molar-refractivity contribution in [2.24, 2.45) is 12.8 Å². The molecular formula is C27H29F3N4O7. The maximum absolute atomic E-state index is 14.5. The molecule has 4 rings (SSSR count). The van der Waals surface area contributed by atoms with Crippen LogP contribution < -0.4 is 30.8 Å². The van der Waals surface area contributed by atoms with Crippen molar-refractivity contribution in [1.29, 1.82) is 0 Å². The van der Waals surface area contributed by atoms with Gasteiger partial charge in [0.05, 0.1) is 31.5 Å². The summed E-state index contributed by atoms with van der Waals surface area (Å²) in [6.45, 7) is -0.0999. The highest BCUT2D eigenvalue weighted by Crippen LogP contribution is 2.46. The predicted molar refractivity (Wildman–Crippen MR) is 140 cm³/mol. The summed E-state index contributed by atoms with van der Waals surface area (Å²) in [4.78, 5) is 28.9. The topological polar surface area (TPSA) is 158 Å². The second-order valence-corrected chi connectivity index (χ2v) is 9.78. The molecule has 3 aromatic rings. The normalized spacial score (nSPS) is 17.8. The minimum atomic E-state index is -5.29. The fourth-order valence-electron chi connectivity index (χ4n) is 4.27. The third-order valence-corrected chi connectivity index (χ3v) is 6.64. The van der Waals surface area contributed by atoms with E-state index in [1.165, 1.54) is 55.3 Å². The van der Waals surface area contributed by atoms with E-state index in [0.717, 1.165) is 6.07 Å². The zero-order chi connectivity index (χ0) is 30.2. The summed E-state index contributed by atoms with van der Waals surface area (Å²) in [6, 6.07) is 7.51. The second kappa shape index (κ2) is 11.0. The predicted octanol–water partition coefficient (Wildman–Crippen LogP) is 1.57. The Hall–Kier alpha value is -4.14. The molecule has 2 unspecified atom stereocenters. The average Bonchev–Trinajstić information content (AvgIpc) is 3.24. The molecule has 41 heavy (non-hydrogen) atoms. The molecule has 11 nitrogen and oxygen atoms in total. The molecule has 220 valence electrons. The van der Waals surface area contributed by atoms with Gasteiger partial charge in [-0.3, -0.25) is 9.59 Å². The van der Waals surface area contributed by atoms with Crippen LogP contribution in [0.25, 0.3) is 11.3 Å². The number of methoxy groups -OCH3 is 1. The second-order valence-electron chi connectivity index (χ2n) is 9.78. The van der Waals surface area contributed by atoms with Crippen LogP contribution in [0.4, 0.5) is 13.2 Å². The number of benzene rings is 1. The SMILES string of the molecule is COc1cc(C(=O)NCC(O)(c2cc3c(c(-c4ccc(=O)n(C)c4)n2)OCC3(C)N)C(F)(F)F)ccc1OCCO. The average molecular weight is 579 g/mol. The van der Waals surface area contributed by atoms with Crippen molar-refractivity contribution in [3.05, 3.63) is 69.8 Å². The summed E-state index contributed by atoms with van der Waals surface area (Å²) in [7, 11) is 2.77. The van der Waals surface area contributed by atoms with E-state index >= 15 is 0 Å². The highest BCUT2D eigenvalue weighted by atomic mass is 19.4. The third kappa shape index (κ3) is 5.71. The number of aryl methyl sites for hydroxylation is 1. The first kappa shape index (κ1) is 29.8. The molecule has 14 heteroatoms. The van der Waals surface area contributed by atoms with Crippen LogP contribution in [0.1, 0.15) is 28.5 Å². The number of hydrogen-bond donors (Lipinski definition) is 4. The highest BCUT2D eigenvalue weighted by Gasteiger charge is 2.57. The number of nitrogens with two attached hydrogens (primary N) is 1. The van der Waals surface area contributed by atoms with Gasteiger partial charge in [-0.2, -0.15) is 13.2 Å². The first-order valence-electron chi connectivity index (χ1n) is 12.4. The summed E-state index contributed by atoms with van der Waals surface area (Å²) in [5, 5.41) is 22.2. The zero-order valence-corrected chi connectivity index (χ0v) is 22.4. The number of pyridine rings is 2. The maximum Gasteiger partial charge on any atom is 0.424 e. The molecule has 0 saturated carbocycles. The molecule has 0 saturated heterocycles. The molecule has 0 radical (unpaired) electrons. The number of alkyl halides is 3. The first-order valence-corrected chi connectivity index (χ1v) is 12.4. The summed E-state index contributed by atoms with van der Waals surface area (Å²) >= 11 is 0. The van der Waals surface area contributed by atoms with Crippen molar-refractivity contribution in [3.8, 4) is 28.5 Å². The minimum absolute atomic E-state index is 0.0392. The first-order chi connectivity index (χ1) is 19.2. The minimum Gasteiger partial charge on any atom is -0.493 e. The number of nitrogens with one attached hydrogen (secondary N) is 1. The lowest BCUT2D eigenvalue weighted by Crippen LogP contribution is -2.51. The molecule has 0 fully saturated rings. The number of ether oxygens (including phenoxy) is 3. The fraction of sp³-hybridized carbons (Fsp3) is 0.370. The quantitative estimate of drug-likeness (QED) is 0.296. The van der Waals surface area contributed by atoms with Crippen molar-refractivity contribution >= 4 is 5.91 Å². The van der Waals surface area contributed by atoms with E-state index < -0.39 is 35.5 Å². The Balaban J connectivity index is 1.74. The van der Waals surface area contributed by atoms with Crippen LogP contribution in [0.3, 0.4) is 0 Å². The number of halogens is 3. The van der Waals surface area contributed by atoms with Crippen LogP contribution in [0.5, 0.6) is 17.2 Å². The number of aliphatic hydroxyl groups is 2. The van der Waals surface area contributed by atoms with Crippen LogP contribution in [0.2, 0.25) is 0 Å². The van der Waals surface area contributed by atoms with Crippen LogP contribution in [0, 0.1) is 0 Å². The van der Waals surface area contributed by atoms with Gasteiger partial charge in [-0.15, -0.1) is 0 Å². The van der Waals surface area contributed by atoms with Gasteiger partial charge < -0.3 is 40.0 Å². The van der Waals surface area contributed by atoms with Crippen molar-refractivity contribution in [3.63, 3.8) is 0 Å².